The summed E-state index contributed by atoms with van der Waals surface area (Å²) in [5.41, 5.74) is 0. The van der Waals surface area contributed by atoms with Gasteiger partial charge in [0.05, 0.1) is 6.61 Å². The predicted octanol–water partition coefficient (Wildman–Crippen LogP) is 1.95. The largest absolute Gasteiger partial charge is 0.373 e. The third-order valence-corrected chi connectivity index (χ3v) is 3.01. The van der Waals surface area contributed by atoms with Gasteiger partial charge in [0.1, 0.15) is 6.61 Å². The minimum atomic E-state index is 0.205. The lowest BCUT2D eigenvalue weighted by Gasteiger charge is -2.19. The fourth-order valence-corrected chi connectivity index (χ4v) is 2.18. The molecular weight excluding hydrogens is 164 g/mol. The Hall–Kier alpha value is -0.630. The van der Waals surface area contributed by atoms with Gasteiger partial charge in [0.25, 0.3) is 0 Å². The Morgan fingerprint density at radius 2 is 2.38 bits per heavy atom. The Labute approximate surface area is 79.0 Å². The van der Waals surface area contributed by atoms with Crippen molar-refractivity contribution in [3.63, 3.8) is 0 Å². The molecule has 0 saturated carbocycles. The van der Waals surface area contributed by atoms with Gasteiger partial charge in [0.15, 0.2) is 5.78 Å². The Morgan fingerprint density at radius 3 is 3.00 bits per heavy atom. The Morgan fingerprint density at radius 1 is 1.46 bits per heavy atom. The lowest BCUT2D eigenvalue weighted by atomic mass is 9.85. The van der Waals surface area contributed by atoms with Crippen molar-refractivity contribution < 1.29 is 9.53 Å². The molecule has 2 heteroatoms. The van der Waals surface area contributed by atoms with Crippen molar-refractivity contribution in [1.29, 1.82) is 0 Å². The summed E-state index contributed by atoms with van der Waals surface area (Å²) in [5, 5.41) is 0. The molecule has 0 radical (unpaired) electrons. The van der Waals surface area contributed by atoms with Crippen LogP contribution in [0.4, 0.5) is 0 Å². The molecule has 2 atom stereocenters. The number of hydrogen-bond acceptors (Lipinski definition) is 2. The topological polar surface area (TPSA) is 26.3 Å². The van der Waals surface area contributed by atoms with Crippen molar-refractivity contribution >= 4 is 5.78 Å². The van der Waals surface area contributed by atoms with E-state index in [0.29, 0.717) is 19.0 Å². The zero-order valence-electron chi connectivity index (χ0n) is 7.87. The SMILES string of the molecule is O=C1COCC1CC1CC=CCC1. The number of hydrogen-bond donors (Lipinski definition) is 0. The van der Waals surface area contributed by atoms with Gasteiger partial charge in [-0.25, -0.2) is 0 Å². The van der Waals surface area contributed by atoms with Crippen LogP contribution in [0.25, 0.3) is 0 Å². The third kappa shape index (κ3) is 2.19. The first kappa shape index (κ1) is 8.95. The molecule has 2 aliphatic rings. The molecule has 1 aliphatic carbocycles. The van der Waals surface area contributed by atoms with E-state index in [0.717, 1.165) is 18.8 Å². The van der Waals surface area contributed by atoms with E-state index < -0.39 is 0 Å². The minimum absolute atomic E-state index is 0.205. The zero-order chi connectivity index (χ0) is 9.10. The highest BCUT2D eigenvalue weighted by Crippen LogP contribution is 2.27. The maximum atomic E-state index is 11.3. The van der Waals surface area contributed by atoms with Gasteiger partial charge in [-0.05, 0) is 31.6 Å². The van der Waals surface area contributed by atoms with Gasteiger partial charge in [-0.2, -0.15) is 0 Å². The van der Waals surface area contributed by atoms with Crippen LogP contribution in [-0.2, 0) is 9.53 Å². The number of ketones is 1. The number of Topliss-reactive ketones (excluding diaryl/α,β-unsaturated/α-hetero) is 1. The zero-order valence-corrected chi connectivity index (χ0v) is 7.87. The van der Waals surface area contributed by atoms with Crippen LogP contribution in [0.1, 0.15) is 25.7 Å². The molecule has 0 aromatic heterocycles. The summed E-state index contributed by atoms with van der Waals surface area (Å²) in [5.74, 6) is 1.24. The molecule has 0 spiro atoms. The second-order valence-electron chi connectivity index (χ2n) is 4.06. The van der Waals surface area contributed by atoms with E-state index in [-0.39, 0.29) is 5.92 Å². The first-order valence-electron chi connectivity index (χ1n) is 5.11. The molecule has 0 N–H and O–H groups in total. The number of carbonyl (C=O) groups excluding carboxylic acids is 1. The summed E-state index contributed by atoms with van der Waals surface area (Å²) < 4.78 is 5.14. The van der Waals surface area contributed by atoms with Crippen LogP contribution >= 0.6 is 0 Å². The summed E-state index contributed by atoms with van der Waals surface area (Å²) in [7, 11) is 0. The maximum Gasteiger partial charge on any atom is 0.163 e. The molecule has 0 aromatic rings. The second kappa shape index (κ2) is 4.05. The van der Waals surface area contributed by atoms with Gasteiger partial charge in [-0.3, -0.25) is 4.79 Å². The molecular formula is C11H16O2. The van der Waals surface area contributed by atoms with E-state index in [1.54, 1.807) is 0 Å². The highest BCUT2D eigenvalue weighted by Gasteiger charge is 2.27. The first-order valence-corrected chi connectivity index (χ1v) is 5.11. The van der Waals surface area contributed by atoms with Crippen molar-refractivity contribution in [2.45, 2.75) is 25.7 Å². The van der Waals surface area contributed by atoms with Crippen molar-refractivity contribution in [2.24, 2.45) is 11.8 Å². The Balaban J connectivity index is 1.83. The van der Waals surface area contributed by atoms with Crippen LogP contribution < -0.4 is 0 Å². The quantitative estimate of drug-likeness (QED) is 0.607. The van der Waals surface area contributed by atoms with E-state index in [9.17, 15) is 4.79 Å². The molecule has 1 heterocycles. The van der Waals surface area contributed by atoms with Crippen molar-refractivity contribution in [3.8, 4) is 0 Å². The van der Waals surface area contributed by atoms with Crippen molar-refractivity contribution in [1.82, 2.24) is 0 Å². The molecule has 72 valence electrons. The molecule has 0 bridgehead atoms. The second-order valence-corrected chi connectivity index (χ2v) is 4.06. The van der Waals surface area contributed by atoms with E-state index >= 15 is 0 Å². The van der Waals surface area contributed by atoms with Crippen LogP contribution in [0.2, 0.25) is 0 Å². The molecule has 0 amide bonds. The average Bonchev–Trinajstić information content (AvgIpc) is 2.54. The highest BCUT2D eigenvalue weighted by molar-refractivity contribution is 5.83. The smallest absolute Gasteiger partial charge is 0.163 e. The van der Waals surface area contributed by atoms with E-state index in [2.05, 4.69) is 12.2 Å². The van der Waals surface area contributed by atoms with E-state index in [1.165, 1.54) is 12.8 Å². The molecule has 13 heavy (non-hydrogen) atoms. The van der Waals surface area contributed by atoms with E-state index in [1.807, 2.05) is 0 Å². The van der Waals surface area contributed by atoms with Crippen LogP contribution in [0.5, 0.6) is 0 Å². The van der Waals surface area contributed by atoms with Crippen LogP contribution in [-0.4, -0.2) is 19.0 Å². The Bertz CT molecular complexity index is 220. The minimum Gasteiger partial charge on any atom is -0.373 e. The van der Waals surface area contributed by atoms with Gasteiger partial charge in [-0.1, -0.05) is 12.2 Å². The van der Waals surface area contributed by atoms with Gasteiger partial charge < -0.3 is 4.74 Å². The number of ether oxygens (including phenoxy) is 1. The van der Waals surface area contributed by atoms with Gasteiger partial charge in [0, 0.05) is 5.92 Å². The van der Waals surface area contributed by atoms with Crippen molar-refractivity contribution in [3.05, 3.63) is 12.2 Å². The van der Waals surface area contributed by atoms with Crippen LogP contribution in [0.15, 0.2) is 12.2 Å². The van der Waals surface area contributed by atoms with Crippen molar-refractivity contribution in [2.75, 3.05) is 13.2 Å². The number of allylic oxidation sites excluding steroid dienone is 2. The van der Waals surface area contributed by atoms with E-state index in [4.69, 9.17) is 4.74 Å². The molecule has 2 rings (SSSR count). The first-order chi connectivity index (χ1) is 6.36. The van der Waals surface area contributed by atoms with Gasteiger partial charge in [0.2, 0.25) is 0 Å². The summed E-state index contributed by atoms with van der Waals surface area (Å²) in [6.07, 6.45) is 9.12. The summed E-state index contributed by atoms with van der Waals surface area (Å²) in [6, 6.07) is 0. The molecule has 1 aliphatic heterocycles. The molecule has 2 nitrogen and oxygen atoms in total. The molecule has 0 aromatic carbocycles. The summed E-state index contributed by atoms with van der Waals surface area (Å²) in [4.78, 5) is 11.3. The number of carbonyl (C=O) groups is 1. The standard InChI is InChI=1S/C11H16O2/c12-11-8-13-7-10(11)6-9-4-2-1-3-5-9/h1-2,9-10H,3-8H2. The van der Waals surface area contributed by atoms with Crippen LogP contribution in [0, 0.1) is 11.8 Å². The summed E-state index contributed by atoms with van der Waals surface area (Å²) in [6.45, 7) is 1.02. The Kier molecular flexibility index (Phi) is 2.79. The lowest BCUT2D eigenvalue weighted by Crippen LogP contribution is -2.16. The highest BCUT2D eigenvalue weighted by atomic mass is 16.5. The average molecular weight is 180 g/mol. The van der Waals surface area contributed by atoms with Crippen LogP contribution in [0.3, 0.4) is 0 Å². The lowest BCUT2D eigenvalue weighted by molar-refractivity contribution is -0.120. The maximum absolute atomic E-state index is 11.3. The third-order valence-electron chi connectivity index (χ3n) is 3.01. The monoisotopic (exact) mass is 180 g/mol. The molecule has 1 fully saturated rings. The summed E-state index contributed by atoms with van der Waals surface area (Å²) >= 11 is 0. The predicted molar refractivity (Wildman–Crippen MR) is 50.4 cm³/mol. The molecule has 2 unspecified atom stereocenters. The number of rotatable bonds is 2. The molecule has 1 saturated heterocycles. The van der Waals surface area contributed by atoms with Gasteiger partial charge >= 0.3 is 0 Å². The fraction of sp³-hybridized carbons (Fsp3) is 0.727. The van der Waals surface area contributed by atoms with Gasteiger partial charge in [-0.15, -0.1) is 0 Å². The normalized spacial score (nSPS) is 34.0. The fourth-order valence-electron chi connectivity index (χ4n) is 2.18.